The van der Waals surface area contributed by atoms with Crippen LogP contribution in [0.15, 0.2) is 54.1 Å². The zero-order valence-electron chi connectivity index (χ0n) is 21.4. The molecule has 1 atom stereocenters. The minimum atomic E-state index is -0.654. The van der Waals surface area contributed by atoms with E-state index in [9.17, 15) is 14.7 Å². The fourth-order valence-electron chi connectivity index (χ4n) is 4.87. The molecule has 1 amide bonds. The highest BCUT2D eigenvalue weighted by atomic mass is 16.5. The summed E-state index contributed by atoms with van der Waals surface area (Å²) < 4.78 is 11.0. The number of carbonyl (C=O) groups excluding carboxylic acids is 2. The minimum absolute atomic E-state index is 0.123. The molecule has 36 heavy (non-hydrogen) atoms. The van der Waals surface area contributed by atoms with E-state index in [1.54, 1.807) is 29.2 Å². The van der Waals surface area contributed by atoms with Crippen molar-refractivity contribution in [3.63, 3.8) is 0 Å². The monoisotopic (exact) mass is 492 g/mol. The van der Waals surface area contributed by atoms with E-state index < -0.39 is 17.7 Å². The number of rotatable bonds is 9. The second-order valence-corrected chi connectivity index (χ2v) is 9.58. The Kier molecular flexibility index (Phi) is 8.44. The number of Topliss-reactive ketones (excluding diaryl/α,β-unsaturated/α-hetero) is 1. The Labute approximate surface area is 213 Å². The maximum Gasteiger partial charge on any atom is 0.295 e. The summed E-state index contributed by atoms with van der Waals surface area (Å²) in [6.07, 6.45) is 0.730. The van der Waals surface area contributed by atoms with Crippen molar-refractivity contribution in [2.24, 2.45) is 0 Å². The highest BCUT2D eigenvalue weighted by Crippen LogP contribution is 2.40. The van der Waals surface area contributed by atoms with Gasteiger partial charge in [0.05, 0.1) is 31.4 Å². The van der Waals surface area contributed by atoms with E-state index in [-0.39, 0.29) is 11.3 Å². The Morgan fingerprint density at radius 2 is 1.81 bits per heavy atom. The summed E-state index contributed by atoms with van der Waals surface area (Å²) in [5, 5.41) is 11.3. The molecule has 4 rings (SSSR count). The zero-order valence-corrected chi connectivity index (χ0v) is 21.4. The molecule has 2 aromatic rings. The zero-order chi connectivity index (χ0) is 25.7. The van der Waals surface area contributed by atoms with Crippen LogP contribution in [0.2, 0.25) is 0 Å². The first-order valence-corrected chi connectivity index (χ1v) is 12.8. The van der Waals surface area contributed by atoms with E-state index in [0.717, 1.165) is 31.6 Å². The van der Waals surface area contributed by atoms with Gasteiger partial charge in [0.25, 0.3) is 11.7 Å². The van der Waals surface area contributed by atoms with Crippen LogP contribution in [0.3, 0.4) is 0 Å². The van der Waals surface area contributed by atoms with Gasteiger partial charge in [-0.3, -0.25) is 14.5 Å². The fourth-order valence-corrected chi connectivity index (χ4v) is 4.87. The molecule has 7 nitrogen and oxygen atoms in total. The molecule has 2 fully saturated rings. The van der Waals surface area contributed by atoms with Crippen molar-refractivity contribution in [1.82, 2.24) is 9.80 Å². The lowest BCUT2D eigenvalue weighted by atomic mass is 9.93. The quantitative estimate of drug-likeness (QED) is 0.319. The maximum absolute atomic E-state index is 13.3. The molecule has 0 bridgehead atoms. The summed E-state index contributed by atoms with van der Waals surface area (Å²) >= 11 is 0. The smallest absolute Gasteiger partial charge is 0.295 e. The molecule has 0 radical (unpaired) electrons. The van der Waals surface area contributed by atoms with Crippen LogP contribution in [0.1, 0.15) is 55.8 Å². The Hall–Kier alpha value is -3.16. The van der Waals surface area contributed by atoms with Gasteiger partial charge in [0.1, 0.15) is 11.5 Å². The topological polar surface area (TPSA) is 79.3 Å². The number of carbonyl (C=O) groups is 2. The Morgan fingerprint density at radius 3 is 2.47 bits per heavy atom. The molecule has 0 saturated carbocycles. The number of benzene rings is 2. The first-order chi connectivity index (χ1) is 17.4. The van der Waals surface area contributed by atoms with Gasteiger partial charge in [0.15, 0.2) is 0 Å². The number of hydrogen-bond donors (Lipinski definition) is 1. The van der Waals surface area contributed by atoms with Crippen molar-refractivity contribution in [3.8, 4) is 5.75 Å². The summed E-state index contributed by atoms with van der Waals surface area (Å²) in [6, 6.07) is 14.3. The van der Waals surface area contributed by atoms with Gasteiger partial charge in [-0.25, -0.2) is 0 Å². The number of likely N-dealkylation sites (tertiary alicyclic amines) is 1. The first-order valence-electron chi connectivity index (χ1n) is 12.8. The number of morpholine rings is 1. The maximum atomic E-state index is 13.3. The summed E-state index contributed by atoms with van der Waals surface area (Å²) in [6.45, 7) is 11.0. The lowest BCUT2D eigenvalue weighted by Gasteiger charge is -2.29. The highest BCUT2D eigenvalue weighted by Gasteiger charge is 2.45. The van der Waals surface area contributed by atoms with Crippen molar-refractivity contribution < 1.29 is 24.2 Å². The molecule has 0 spiro atoms. The van der Waals surface area contributed by atoms with Crippen LogP contribution in [0, 0.1) is 0 Å². The molecule has 2 aromatic carbocycles. The van der Waals surface area contributed by atoms with Gasteiger partial charge in [-0.15, -0.1) is 0 Å². The van der Waals surface area contributed by atoms with Crippen LogP contribution < -0.4 is 4.74 Å². The van der Waals surface area contributed by atoms with E-state index in [1.165, 1.54) is 5.56 Å². The van der Waals surface area contributed by atoms with E-state index >= 15 is 0 Å². The van der Waals surface area contributed by atoms with Gasteiger partial charge in [-0.1, -0.05) is 50.2 Å². The lowest BCUT2D eigenvalue weighted by molar-refractivity contribution is -0.140. The molecule has 2 aliphatic heterocycles. The molecule has 0 aromatic heterocycles. The average molecular weight is 493 g/mol. The van der Waals surface area contributed by atoms with Crippen LogP contribution in [0.5, 0.6) is 5.75 Å². The van der Waals surface area contributed by atoms with Gasteiger partial charge in [-0.05, 0) is 42.5 Å². The molecule has 1 unspecified atom stereocenters. The normalized spacial score (nSPS) is 20.3. The van der Waals surface area contributed by atoms with Crippen molar-refractivity contribution in [3.05, 3.63) is 70.8 Å². The molecule has 0 aliphatic carbocycles. The van der Waals surface area contributed by atoms with E-state index in [1.807, 2.05) is 31.2 Å². The summed E-state index contributed by atoms with van der Waals surface area (Å²) in [5.74, 6) is -0.445. The average Bonchev–Trinajstić information content (AvgIpc) is 3.14. The number of aliphatic hydroxyl groups excluding tert-OH is 1. The van der Waals surface area contributed by atoms with Crippen LogP contribution in [0.25, 0.3) is 5.76 Å². The second-order valence-electron chi connectivity index (χ2n) is 9.58. The number of ketones is 1. The van der Waals surface area contributed by atoms with Crippen LogP contribution in [0.4, 0.5) is 0 Å². The molecular weight excluding hydrogens is 456 g/mol. The van der Waals surface area contributed by atoms with Crippen molar-refractivity contribution >= 4 is 17.4 Å². The van der Waals surface area contributed by atoms with Crippen LogP contribution >= 0.6 is 0 Å². The minimum Gasteiger partial charge on any atom is -0.507 e. The predicted octanol–water partition coefficient (Wildman–Crippen LogP) is 4.35. The summed E-state index contributed by atoms with van der Waals surface area (Å²) in [5.41, 5.74) is 2.56. The van der Waals surface area contributed by atoms with E-state index in [4.69, 9.17) is 9.47 Å². The largest absolute Gasteiger partial charge is 0.507 e. The van der Waals surface area contributed by atoms with Crippen molar-refractivity contribution in [2.45, 2.75) is 39.2 Å². The third kappa shape index (κ3) is 5.63. The number of hydrogen-bond acceptors (Lipinski definition) is 6. The molecule has 7 heteroatoms. The second kappa shape index (κ2) is 11.7. The summed E-state index contributed by atoms with van der Waals surface area (Å²) in [7, 11) is 0. The van der Waals surface area contributed by atoms with Crippen LogP contribution in [-0.4, -0.2) is 72.6 Å². The predicted molar refractivity (Wildman–Crippen MR) is 139 cm³/mol. The number of ether oxygens (including phenoxy) is 2. The summed E-state index contributed by atoms with van der Waals surface area (Å²) in [4.78, 5) is 30.5. The third-order valence-corrected chi connectivity index (χ3v) is 6.85. The standard InChI is InChI=1S/C29H36N2O5/c1-4-36-24-8-5-7-23(19-24)27(32)25-26(22-11-9-21(10-12-22)20(2)3)31(29(34)28(25)33)14-6-13-30-15-17-35-18-16-30/h5,7-12,19-20,26,32H,4,6,13-18H2,1-3H3. The Bertz CT molecular complexity index is 1100. The molecule has 2 aliphatic rings. The van der Waals surface area contributed by atoms with Crippen molar-refractivity contribution in [2.75, 3.05) is 46.0 Å². The van der Waals surface area contributed by atoms with Gasteiger partial charge in [0.2, 0.25) is 0 Å². The number of aliphatic hydroxyl groups is 1. The van der Waals surface area contributed by atoms with Gasteiger partial charge in [-0.2, -0.15) is 0 Å². The van der Waals surface area contributed by atoms with E-state index in [0.29, 0.717) is 43.6 Å². The highest BCUT2D eigenvalue weighted by molar-refractivity contribution is 6.46. The lowest BCUT2D eigenvalue weighted by Crippen LogP contribution is -2.38. The number of amides is 1. The fraction of sp³-hybridized carbons (Fsp3) is 0.448. The van der Waals surface area contributed by atoms with Crippen LogP contribution in [-0.2, 0) is 14.3 Å². The van der Waals surface area contributed by atoms with Gasteiger partial charge >= 0.3 is 0 Å². The number of nitrogens with zero attached hydrogens (tertiary/aromatic N) is 2. The van der Waals surface area contributed by atoms with Crippen molar-refractivity contribution in [1.29, 1.82) is 0 Å². The molecule has 2 heterocycles. The third-order valence-electron chi connectivity index (χ3n) is 6.85. The van der Waals surface area contributed by atoms with Gasteiger partial charge in [0, 0.05) is 31.7 Å². The Morgan fingerprint density at radius 1 is 1.08 bits per heavy atom. The van der Waals surface area contributed by atoms with E-state index in [2.05, 4.69) is 18.7 Å². The molecule has 192 valence electrons. The SMILES string of the molecule is CCOc1cccc(C(O)=C2C(=O)C(=O)N(CCCN3CCOCC3)C2c2ccc(C(C)C)cc2)c1. The first kappa shape index (κ1) is 25.9. The Balaban J connectivity index is 1.69. The van der Waals surface area contributed by atoms with Gasteiger partial charge < -0.3 is 19.5 Å². The molecular formula is C29H36N2O5. The molecule has 1 N–H and O–H groups in total. The molecule has 2 saturated heterocycles.